The SMILES string of the molecule is C=C1C(=C)C(N(N)c2csc(SN(C)C)c2O)=C1NCc1cc(C(C)C)co1.CC.CF. The minimum Gasteiger partial charge on any atom is -0.504 e. The molecule has 6 nitrogen and oxygen atoms in total. The molecule has 0 aliphatic heterocycles. The molecule has 3 rings (SSSR count). The van der Waals surface area contributed by atoms with Crippen LogP contribution in [0.5, 0.6) is 5.75 Å². The summed E-state index contributed by atoms with van der Waals surface area (Å²) in [6.45, 7) is 16.9. The molecule has 2 aromatic rings. The molecule has 0 fully saturated rings. The van der Waals surface area contributed by atoms with Gasteiger partial charge in [-0.1, -0.05) is 40.9 Å². The lowest BCUT2D eigenvalue weighted by atomic mass is 9.88. The molecule has 4 N–H and O–H groups in total. The maximum absolute atomic E-state index is 10.5. The summed E-state index contributed by atoms with van der Waals surface area (Å²) in [5.74, 6) is 7.76. The van der Waals surface area contributed by atoms with Gasteiger partial charge < -0.3 is 14.8 Å². The van der Waals surface area contributed by atoms with Gasteiger partial charge in [-0.3, -0.25) is 13.7 Å². The molecule has 0 radical (unpaired) electrons. The molecule has 0 spiro atoms. The number of furan rings is 1. The van der Waals surface area contributed by atoms with Crippen LogP contribution in [0.25, 0.3) is 0 Å². The van der Waals surface area contributed by atoms with Crippen molar-refractivity contribution >= 4 is 29.0 Å². The zero-order valence-corrected chi connectivity index (χ0v) is 21.6. The van der Waals surface area contributed by atoms with Gasteiger partial charge in [0.25, 0.3) is 0 Å². The van der Waals surface area contributed by atoms with Gasteiger partial charge in [0.1, 0.15) is 15.7 Å². The molecule has 0 aromatic carbocycles. The number of hydrogen-bond acceptors (Lipinski definition) is 8. The molecule has 2 aromatic heterocycles. The summed E-state index contributed by atoms with van der Waals surface area (Å²) in [5, 5.41) is 17.2. The number of halogens is 1. The van der Waals surface area contributed by atoms with Gasteiger partial charge in [-0.15, -0.1) is 11.3 Å². The van der Waals surface area contributed by atoms with Gasteiger partial charge in [0.05, 0.1) is 31.4 Å². The zero-order chi connectivity index (χ0) is 24.6. The van der Waals surface area contributed by atoms with Crippen molar-refractivity contribution < 1.29 is 13.9 Å². The highest BCUT2D eigenvalue weighted by Crippen LogP contribution is 2.47. The number of allylic oxidation sites excluding steroid dienone is 2. The summed E-state index contributed by atoms with van der Waals surface area (Å²) in [7, 11) is 4.34. The van der Waals surface area contributed by atoms with Gasteiger partial charge in [0.2, 0.25) is 0 Å². The molecule has 0 unspecified atom stereocenters. The van der Waals surface area contributed by atoms with E-state index < -0.39 is 0 Å². The van der Waals surface area contributed by atoms with E-state index in [9.17, 15) is 9.50 Å². The predicted molar refractivity (Wildman–Crippen MR) is 136 cm³/mol. The van der Waals surface area contributed by atoms with Gasteiger partial charge in [-0.25, -0.2) is 5.84 Å². The number of hydrazine groups is 1. The van der Waals surface area contributed by atoms with Crippen molar-refractivity contribution in [3.8, 4) is 5.75 Å². The molecule has 0 saturated carbocycles. The summed E-state index contributed by atoms with van der Waals surface area (Å²) >= 11 is 2.89. The van der Waals surface area contributed by atoms with Crippen molar-refractivity contribution in [3.05, 3.63) is 64.7 Å². The highest BCUT2D eigenvalue weighted by Gasteiger charge is 2.32. The Kier molecular flexibility index (Phi) is 11.1. The molecule has 2 heterocycles. The number of nitrogens with one attached hydrogen (secondary N) is 1. The van der Waals surface area contributed by atoms with Crippen molar-refractivity contribution in [2.45, 2.75) is 44.4 Å². The third-order valence-corrected chi connectivity index (χ3v) is 6.43. The monoisotopic (exact) mass is 482 g/mol. The highest BCUT2D eigenvalue weighted by atomic mass is 32.2. The van der Waals surface area contributed by atoms with Crippen LogP contribution in [0.3, 0.4) is 0 Å². The standard InChI is InChI=1S/C20H26N4O2S2.C2H6.CH3F/c1-11(2)14-7-15(26-9-14)8-22-17-12(3)13(4)18(17)24(21)16-10-27-20(19(16)25)28-23(5)6;2*1-2/h7,9-11,22,25H,3-4,8,21H2,1-2,5-6H3;1-2H3;1H3. The van der Waals surface area contributed by atoms with Crippen LogP contribution >= 0.6 is 23.3 Å². The lowest BCUT2D eigenvalue weighted by Crippen LogP contribution is -2.39. The largest absolute Gasteiger partial charge is 0.504 e. The van der Waals surface area contributed by atoms with E-state index in [4.69, 9.17) is 10.3 Å². The van der Waals surface area contributed by atoms with Gasteiger partial charge in [-0.2, -0.15) is 0 Å². The molecule has 0 amide bonds. The van der Waals surface area contributed by atoms with Crippen LogP contribution in [0.4, 0.5) is 10.1 Å². The van der Waals surface area contributed by atoms with Crippen molar-refractivity contribution in [3.63, 3.8) is 0 Å². The number of rotatable bonds is 8. The Hall–Kier alpha value is -2.20. The number of nitrogens with zero attached hydrogens (tertiary/aromatic N) is 2. The van der Waals surface area contributed by atoms with Gasteiger partial charge in [0.15, 0.2) is 5.75 Å². The van der Waals surface area contributed by atoms with E-state index in [1.54, 1.807) is 6.26 Å². The third kappa shape index (κ3) is 6.19. The van der Waals surface area contributed by atoms with Crippen molar-refractivity contribution in [2.75, 3.05) is 26.3 Å². The van der Waals surface area contributed by atoms with Crippen molar-refractivity contribution in [1.29, 1.82) is 0 Å². The summed E-state index contributed by atoms with van der Waals surface area (Å²) < 4.78 is 17.8. The van der Waals surface area contributed by atoms with E-state index in [0.29, 0.717) is 25.3 Å². The first-order chi connectivity index (χ1) is 15.2. The Morgan fingerprint density at radius 1 is 1.25 bits per heavy atom. The average Bonchev–Trinajstić information content (AvgIpc) is 3.40. The fourth-order valence-corrected chi connectivity index (χ4v) is 4.74. The molecule has 0 atom stereocenters. The minimum atomic E-state index is 0.163. The number of aromatic hydroxyl groups is 1. The fraction of sp³-hybridized carbons (Fsp3) is 0.391. The Labute approximate surface area is 199 Å². The van der Waals surface area contributed by atoms with Crippen molar-refractivity contribution in [1.82, 2.24) is 9.62 Å². The highest BCUT2D eigenvalue weighted by molar-refractivity contribution is 7.99. The van der Waals surface area contributed by atoms with Gasteiger partial charge in [-0.05, 0) is 43.6 Å². The lowest BCUT2D eigenvalue weighted by Gasteiger charge is -2.35. The molecular weight excluding hydrogens is 447 g/mol. The molecule has 32 heavy (non-hydrogen) atoms. The first-order valence-electron chi connectivity index (χ1n) is 10.2. The number of thiophene rings is 1. The molecule has 178 valence electrons. The number of nitrogens with two attached hydrogens (primary N) is 1. The van der Waals surface area contributed by atoms with E-state index in [1.165, 1.54) is 28.3 Å². The quantitative estimate of drug-likeness (QED) is 0.236. The molecule has 0 saturated heterocycles. The van der Waals surface area contributed by atoms with E-state index in [-0.39, 0.29) is 5.75 Å². The van der Waals surface area contributed by atoms with E-state index in [1.807, 2.05) is 43.7 Å². The van der Waals surface area contributed by atoms with Crippen LogP contribution in [0.2, 0.25) is 0 Å². The van der Waals surface area contributed by atoms with Crippen LogP contribution in [0.1, 0.15) is 44.9 Å². The molecule has 0 bridgehead atoms. The Bertz CT molecular complexity index is 948. The smallest absolute Gasteiger partial charge is 0.166 e. The average molecular weight is 483 g/mol. The second-order valence-corrected chi connectivity index (χ2v) is 9.53. The number of hydrogen-bond donors (Lipinski definition) is 3. The Morgan fingerprint density at radius 3 is 2.41 bits per heavy atom. The van der Waals surface area contributed by atoms with Crippen LogP contribution in [-0.4, -0.2) is 30.7 Å². The van der Waals surface area contributed by atoms with Crippen LogP contribution in [-0.2, 0) is 6.54 Å². The van der Waals surface area contributed by atoms with Crippen LogP contribution in [0, 0.1) is 0 Å². The lowest BCUT2D eigenvalue weighted by molar-refractivity contribution is 0.466. The third-order valence-electron chi connectivity index (χ3n) is 4.45. The summed E-state index contributed by atoms with van der Waals surface area (Å²) in [4.78, 5) is 0. The maximum atomic E-state index is 10.5. The minimum absolute atomic E-state index is 0.163. The molecule has 1 aliphatic carbocycles. The van der Waals surface area contributed by atoms with Crippen LogP contribution < -0.4 is 16.2 Å². The normalized spacial score (nSPS) is 12.8. The molecule has 9 heteroatoms. The second kappa shape index (κ2) is 12.7. The first kappa shape index (κ1) is 27.8. The number of anilines is 1. The van der Waals surface area contributed by atoms with E-state index in [2.05, 4.69) is 32.3 Å². The van der Waals surface area contributed by atoms with E-state index in [0.717, 1.165) is 38.1 Å². The Morgan fingerprint density at radius 2 is 1.88 bits per heavy atom. The Balaban J connectivity index is 0.00000121. The fourth-order valence-electron chi connectivity index (χ4n) is 2.80. The summed E-state index contributed by atoms with van der Waals surface area (Å²) in [5.41, 5.74) is 4.78. The zero-order valence-electron chi connectivity index (χ0n) is 20.0. The van der Waals surface area contributed by atoms with Crippen molar-refractivity contribution in [2.24, 2.45) is 5.84 Å². The molecular formula is C23H35FN4O2S2. The van der Waals surface area contributed by atoms with Gasteiger partial charge in [0, 0.05) is 16.5 Å². The maximum Gasteiger partial charge on any atom is 0.166 e. The van der Waals surface area contributed by atoms with Crippen LogP contribution in [0.15, 0.2) is 62.0 Å². The number of alkyl halides is 1. The topological polar surface area (TPSA) is 77.9 Å². The predicted octanol–water partition coefficient (Wildman–Crippen LogP) is 6.16. The first-order valence-corrected chi connectivity index (χ1v) is 11.9. The van der Waals surface area contributed by atoms with Gasteiger partial charge >= 0.3 is 0 Å². The second-order valence-electron chi connectivity index (χ2n) is 7.07. The summed E-state index contributed by atoms with van der Waals surface area (Å²) in [6, 6.07) is 2.05. The summed E-state index contributed by atoms with van der Waals surface area (Å²) in [6.07, 6.45) is 1.79. The van der Waals surface area contributed by atoms with E-state index >= 15 is 0 Å². The molecule has 1 aliphatic rings.